The van der Waals surface area contributed by atoms with Crippen LogP contribution in [0, 0.1) is 6.07 Å². The SMILES string of the molecule is [c]1ccccc1NC=C(c1ccccc1)c1ccccc1. The predicted octanol–water partition coefficient (Wildman–Crippen LogP) is 4.99. The number of para-hydroxylation sites is 1. The smallest absolute Gasteiger partial charge is 0.0460 e. The summed E-state index contributed by atoms with van der Waals surface area (Å²) in [7, 11) is 0. The molecule has 0 spiro atoms. The lowest BCUT2D eigenvalue weighted by atomic mass is 9.99. The molecule has 101 valence electrons. The highest BCUT2D eigenvalue weighted by molar-refractivity contribution is 5.81. The standard InChI is InChI=1S/C20H16N/c1-4-10-17(11-5-1)20(18-12-6-2-7-13-18)16-21-19-14-8-3-9-15-19/h1-14,16,21H. The van der Waals surface area contributed by atoms with Gasteiger partial charge in [0.05, 0.1) is 0 Å². The van der Waals surface area contributed by atoms with Gasteiger partial charge in [-0.1, -0.05) is 78.9 Å². The third-order valence-electron chi connectivity index (χ3n) is 3.25. The van der Waals surface area contributed by atoms with Crippen molar-refractivity contribution in [1.29, 1.82) is 0 Å². The Balaban J connectivity index is 1.97. The molecule has 1 radical (unpaired) electrons. The van der Waals surface area contributed by atoms with Gasteiger partial charge in [0, 0.05) is 23.5 Å². The zero-order valence-electron chi connectivity index (χ0n) is 11.7. The molecule has 3 aromatic carbocycles. The summed E-state index contributed by atoms with van der Waals surface area (Å²) in [6, 6.07) is 31.8. The maximum absolute atomic E-state index is 3.32. The van der Waals surface area contributed by atoms with Crippen LogP contribution >= 0.6 is 0 Å². The molecule has 1 N–H and O–H groups in total. The van der Waals surface area contributed by atoms with Crippen molar-refractivity contribution in [2.75, 3.05) is 5.32 Å². The molecule has 0 saturated heterocycles. The summed E-state index contributed by atoms with van der Waals surface area (Å²) < 4.78 is 0. The molecule has 0 heterocycles. The van der Waals surface area contributed by atoms with E-state index in [2.05, 4.69) is 59.9 Å². The Kier molecular flexibility index (Phi) is 4.13. The molecule has 0 amide bonds. The lowest BCUT2D eigenvalue weighted by Gasteiger charge is -2.09. The van der Waals surface area contributed by atoms with Gasteiger partial charge >= 0.3 is 0 Å². The van der Waals surface area contributed by atoms with Crippen molar-refractivity contribution >= 4 is 11.3 Å². The molecular formula is C20H16N. The van der Waals surface area contributed by atoms with E-state index >= 15 is 0 Å². The fourth-order valence-electron chi connectivity index (χ4n) is 2.20. The van der Waals surface area contributed by atoms with Crippen molar-refractivity contribution in [3.8, 4) is 0 Å². The van der Waals surface area contributed by atoms with Crippen LogP contribution in [0.25, 0.3) is 5.57 Å². The van der Waals surface area contributed by atoms with E-state index in [1.54, 1.807) is 0 Å². The Morgan fingerprint density at radius 2 is 1.29 bits per heavy atom. The van der Waals surface area contributed by atoms with Crippen LogP contribution in [0.1, 0.15) is 11.1 Å². The van der Waals surface area contributed by atoms with E-state index in [0.29, 0.717) is 0 Å². The zero-order chi connectivity index (χ0) is 14.3. The number of hydrogen-bond donors (Lipinski definition) is 1. The summed E-state index contributed by atoms with van der Waals surface area (Å²) >= 11 is 0. The Morgan fingerprint density at radius 3 is 1.81 bits per heavy atom. The van der Waals surface area contributed by atoms with E-state index in [4.69, 9.17) is 0 Å². The minimum absolute atomic E-state index is 0.960. The molecule has 21 heavy (non-hydrogen) atoms. The largest absolute Gasteiger partial charge is 0.361 e. The summed E-state index contributed by atoms with van der Waals surface area (Å²) in [4.78, 5) is 0. The summed E-state index contributed by atoms with van der Waals surface area (Å²) in [6.07, 6.45) is 2.04. The number of benzene rings is 3. The van der Waals surface area contributed by atoms with Crippen LogP contribution in [-0.4, -0.2) is 0 Å². The van der Waals surface area contributed by atoms with Crippen LogP contribution in [-0.2, 0) is 0 Å². The second-order valence-electron chi connectivity index (χ2n) is 4.71. The summed E-state index contributed by atoms with van der Waals surface area (Å²) in [5, 5.41) is 3.32. The van der Waals surface area contributed by atoms with Gasteiger partial charge in [-0.15, -0.1) is 0 Å². The van der Waals surface area contributed by atoms with E-state index < -0.39 is 0 Å². The molecule has 1 nitrogen and oxygen atoms in total. The molecule has 0 atom stereocenters. The van der Waals surface area contributed by atoms with Crippen molar-refractivity contribution < 1.29 is 0 Å². The van der Waals surface area contributed by atoms with Crippen molar-refractivity contribution in [2.45, 2.75) is 0 Å². The van der Waals surface area contributed by atoms with E-state index in [-0.39, 0.29) is 0 Å². The van der Waals surface area contributed by atoms with Crippen LogP contribution in [0.4, 0.5) is 5.69 Å². The molecule has 3 aromatic rings. The van der Waals surface area contributed by atoms with Gasteiger partial charge in [-0.25, -0.2) is 0 Å². The molecule has 0 aliphatic rings. The third kappa shape index (κ3) is 3.40. The van der Waals surface area contributed by atoms with Gasteiger partial charge in [0.25, 0.3) is 0 Å². The number of hydrogen-bond acceptors (Lipinski definition) is 1. The predicted molar refractivity (Wildman–Crippen MR) is 88.9 cm³/mol. The molecule has 0 unspecified atom stereocenters. The zero-order valence-corrected chi connectivity index (χ0v) is 11.7. The van der Waals surface area contributed by atoms with Crippen molar-refractivity contribution in [3.05, 3.63) is 108 Å². The van der Waals surface area contributed by atoms with Gasteiger partial charge in [-0.05, 0) is 17.2 Å². The van der Waals surface area contributed by atoms with Crippen LogP contribution in [0.2, 0.25) is 0 Å². The molecule has 1 heteroatoms. The van der Waals surface area contributed by atoms with Crippen LogP contribution in [0.5, 0.6) is 0 Å². The molecule has 0 aromatic heterocycles. The maximum atomic E-state index is 3.32. The highest BCUT2D eigenvalue weighted by atomic mass is 14.8. The highest BCUT2D eigenvalue weighted by Gasteiger charge is 2.03. The van der Waals surface area contributed by atoms with Gasteiger partial charge in [-0.3, -0.25) is 0 Å². The summed E-state index contributed by atoms with van der Waals surface area (Å²) in [5.74, 6) is 0. The number of anilines is 1. The Hall–Kier alpha value is -2.80. The highest BCUT2D eigenvalue weighted by Crippen LogP contribution is 2.23. The molecule has 0 aliphatic heterocycles. The quantitative estimate of drug-likeness (QED) is 0.704. The van der Waals surface area contributed by atoms with Crippen molar-refractivity contribution in [1.82, 2.24) is 0 Å². The lowest BCUT2D eigenvalue weighted by Crippen LogP contribution is -1.94. The van der Waals surface area contributed by atoms with E-state index in [9.17, 15) is 0 Å². The molecule has 0 fully saturated rings. The first kappa shape index (κ1) is 13.2. The Morgan fingerprint density at radius 1 is 0.714 bits per heavy atom. The number of rotatable bonds is 4. The minimum Gasteiger partial charge on any atom is -0.361 e. The van der Waals surface area contributed by atoms with E-state index in [0.717, 1.165) is 11.3 Å². The van der Waals surface area contributed by atoms with Crippen molar-refractivity contribution in [3.63, 3.8) is 0 Å². The molecule has 0 bridgehead atoms. The van der Waals surface area contributed by atoms with Gasteiger partial charge in [0.2, 0.25) is 0 Å². The van der Waals surface area contributed by atoms with E-state index in [1.807, 2.05) is 42.6 Å². The summed E-state index contributed by atoms with van der Waals surface area (Å²) in [6.45, 7) is 0. The molecular weight excluding hydrogens is 254 g/mol. The second-order valence-corrected chi connectivity index (χ2v) is 4.71. The molecule has 0 aliphatic carbocycles. The number of nitrogens with one attached hydrogen (secondary N) is 1. The second kappa shape index (κ2) is 6.58. The monoisotopic (exact) mass is 270 g/mol. The first-order valence-corrected chi connectivity index (χ1v) is 6.98. The van der Waals surface area contributed by atoms with Crippen LogP contribution < -0.4 is 5.32 Å². The topological polar surface area (TPSA) is 12.0 Å². The first-order chi connectivity index (χ1) is 10.4. The molecule has 0 saturated carbocycles. The van der Waals surface area contributed by atoms with Crippen LogP contribution in [0.15, 0.2) is 91.1 Å². The van der Waals surface area contributed by atoms with Gasteiger partial charge in [0.15, 0.2) is 0 Å². The molecule has 3 rings (SSSR count). The first-order valence-electron chi connectivity index (χ1n) is 6.98. The lowest BCUT2D eigenvalue weighted by molar-refractivity contribution is 1.51. The van der Waals surface area contributed by atoms with Crippen LogP contribution in [0.3, 0.4) is 0 Å². The summed E-state index contributed by atoms with van der Waals surface area (Å²) in [5.41, 5.74) is 4.49. The third-order valence-corrected chi connectivity index (χ3v) is 3.25. The minimum atomic E-state index is 0.960. The Labute approximate surface area is 125 Å². The van der Waals surface area contributed by atoms with Gasteiger partial charge in [-0.2, -0.15) is 0 Å². The van der Waals surface area contributed by atoms with E-state index in [1.165, 1.54) is 11.1 Å². The van der Waals surface area contributed by atoms with Gasteiger partial charge in [0.1, 0.15) is 0 Å². The average Bonchev–Trinajstić information content (AvgIpc) is 2.58. The van der Waals surface area contributed by atoms with Crippen molar-refractivity contribution in [2.24, 2.45) is 0 Å². The average molecular weight is 270 g/mol. The normalized spacial score (nSPS) is 9.90. The maximum Gasteiger partial charge on any atom is 0.0460 e. The fraction of sp³-hybridized carbons (Fsp3) is 0. The Bertz CT molecular complexity index is 659. The van der Waals surface area contributed by atoms with Gasteiger partial charge < -0.3 is 5.32 Å². The fourth-order valence-corrected chi connectivity index (χ4v) is 2.20.